The molecule has 0 atom stereocenters. The van der Waals surface area contributed by atoms with E-state index in [1.54, 1.807) is 30.9 Å². The molecule has 0 radical (unpaired) electrons. The van der Waals surface area contributed by atoms with E-state index in [4.69, 9.17) is 15.5 Å². The monoisotopic (exact) mass is 532 g/mol. The molecule has 2 aromatic carbocycles. The Bertz CT molecular complexity index is 1780. The van der Waals surface area contributed by atoms with E-state index in [1.165, 1.54) is 0 Å². The summed E-state index contributed by atoms with van der Waals surface area (Å²) in [5.41, 5.74) is 9.32. The molecule has 2 N–H and O–H groups in total. The van der Waals surface area contributed by atoms with Gasteiger partial charge in [0.25, 0.3) is 5.56 Å². The smallest absolute Gasteiger partial charge is 0.266 e. The van der Waals surface area contributed by atoms with Crippen molar-refractivity contribution in [3.63, 3.8) is 0 Å². The molecule has 3 aromatic heterocycles. The number of fused-ring (bicyclic) bond motifs is 1. The molecular weight excluding hydrogens is 504 g/mol. The summed E-state index contributed by atoms with van der Waals surface area (Å²) in [5, 5.41) is 10.4. The maximum absolute atomic E-state index is 14.3. The summed E-state index contributed by atoms with van der Waals surface area (Å²) in [6.45, 7) is 4.54. The summed E-state index contributed by atoms with van der Waals surface area (Å²) < 4.78 is 6.82. The van der Waals surface area contributed by atoms with Crippen LogP contribution in [0.25, 0.3) is 27.7 Å². The second-order valence-corrected chi connectivity index (χ2v) is 9.19. The van der Waals surface area contributed by atoms with E-state index in [0.29, 0.717) is 51.9 Å². The van der Waals surface area contributed by atoms with Crippen molar-refractivity contribution in [2.24, 2.45) is 0 Å². The van der Waals surface area contributed by atoms with E-state index in [9.17, 15) is 10.1 Å². The number of ether oxygens (including phenoxy) is 1. The fourth-order valence-corrected chi connectivity index (χ4v) is 4.77. The van der Waals surface area contributed by atoms with Gasteiger partial charge in [-0.15, -0.1) is 0 Å². The average molecular weight is 533 g/mol. The van der Waals surface area contributed by atoms with Gasteiger partial charge in [0.15, 0.2) is 5.82 Å². The number of aryl methyl sites for hydroxylation is 1. The quantitative estimate of drug-likeness (QED) is 0.308. The fraction of sp³-hybridized carbons (Fsp3) is 0.200. The zero-order valence-electron chi connectivity index (χ0n) is 22.5. The standard InChI is InChI=1S/C30H28N8O2/c1-4-15-37(28-23(16-31)19(2)34-30(32)36-28)18-25-35-24-12-8-11-22(20-13-14-26(40-3)33-17-20)27(24)29(39)38(25)21-9-6-5-7-10-21/h5-14,17H,4,15,18H2,1-3H3,(H2,32,34,36). The number of anilines is 2. The molecule has 10 nitrogen and oxygen atoms in total. The molecule has 0 fully saturated rings. The number of hydrogen-bond donors (Lipinski definition) is 1. The summed E-state index contributed by atoms with van der Waals surface area (Å²) >= 11 is 0. The van der Waals surface area contributed by atoms with E-state index >= 15 is 0 Å². The van der Waals surface area contributed by atoms with E-state index < -0.39 is 0 Å². The van der Waals surface area contributed by atoms with Crippen molar-refractivity contribution >= 4 is 22.7 Å². The number of pyridine rings is 1. The van der Waals surface area contributed by atoms with Gasteiger partial charge in [0, 0.05) is 24.4 Å². The maximum Gasteiger partial charge on any atom is 0.266 e. The van der Waals surface area contributed by atoms with Gasteiger partial charge in [-0.1, -0.05) is 37.3 Å². The fourth-order valence-electron chi connectivity index (χ4n) is 4.77. The summed E-state index contributed by atoms with van der Waals surface area (Å²) in [6, 6.07) is 20.8. The largest absolute Gasteiger partial charge is 0.481 e. The van der Waals surface area contributed by atoms with E-state index in [1.807, 2.05) is 66.4 Å². The van der Waals surface area contributed by atoms with Crippen molar-refractivity contribution in [1.82, 2.24) is 24.5 Å². The van der Waals surface area contributed by atoms with Crippen LogP contribution in [-0.4, -0.2) is 38.2 Å². The Morgan fingerprint density at radius 2 is 1.85 bits per heavy atom. The number of methoxy groups -OCH3 is 1. The first kappa shape index (κ1) is 26.3. The lowest BCUT2D eigenvalue weighted by Gasteiger charge is -2.26. The predicted octanol–water partition coefficient (Wildman–Crippen LogP) is 4.43. The zero-order chi connectivity index (χ0) is 28.2. The molecule has 0 aliphatic heterocycles. The zero-order valence-corrected chi connectivity index (χ0v) is 22.5. The van der Waals surface area contributed by atoms with Gasteiger partial charge in [-0.3, -0.25) is 9.36 Å². The number of nitriles is 1. The van der Waals surface area contributed by atoms with Crippen LogP contribution in [0.4, 0.5) is 11.8 Å². The first-order valence-corrected chi connectivity index (χ1v) is 12.8. The summed E-state index contributed by atoms with van der Waals surface area (Å²) in [7, 11) is 1.56. The lowest BCUT2D eigenvalue weighted by atomic mass is 10.0. The number of rotatable bonds is 8. The second kappa shape index (κ2) is 11.2. The third kappa shape index (κ3) is 4.92. The van der Waals surface area contributed by atoms with Gasteiger partial charge in [0.1, 0.15) is 17.5 Å². The SMILES string of the molecule is CCCN(Cc1nc2cccc(-c3ccc(OC)nc3)c2c(=O)n1-c1ccccc1)c1nc(N)nc(C)c1C#N. The predicted molar refractivity (Wildman–Crippen MR) is 154 cm³/mol. The van der Waals surface area contributed by atoms with Gasteiger partial charge in [-0.05, 0) is 43.2 Å². The van der Waals surface area contributed by atoms with E-state index in [2.05, 4.69) is 21.0 Å². The Kier molecular flexibility index (Phi) is 7.37. The van der Waals surface area contributed by atoms with Gasteiger partial charge in [0.05, 0.1) is 35.9 Å². The number of para-hydroxylation sites is 1. The minimum absolute atomic E-state index is 0.0808. The van der Waals surface area contributed by atoms with Crippen LogP contribution in [0.5, 0.6) is 5.88 Å². The third-order valence-corrected chi connectivity index (χ3v) is 6.56. The van der Waals surface area contributed by atoms with E-state index in [0.717, 1.165) is 17.5 Å². The summed E-state index contributed by atoms with van der Waals surface area (Å²) in [6.07, 6.45) is 2.45. The molecule has 0 spiro atoms. The Morgan fingerprint density at radius 1 is 1.05 bits per heavy atom. The molecule has 5 rings (SSSR count). The van der Waals surface area contributed by atoms with Crippen LogP contribution in [0, 0.1) is 18.3 Å². The molecule has 0 unspecified atom stereocenters. The minimum atomic E-state index is -0.215. The van der Waals surface area contributed by atoms with Gasteiger partial charge in [-0.2, -0.15) is 10.2 Å². The lowest BCUT2D eigenvalue weighted by Crippen LogP contribution is -2.32. The molecule has 0 aliphatic carbocycles. The molecule has 0 saturated heterocycles. The number of benzene rings is 2. The van der Waals surface area contributed by atoms with Crippen molar-refractivity contribution in [3.8, 4) is 28.8 Å². The van der Waals surface area contributed by atoms with Crippen LogP contribution < -0.4 is 20.9 Å². The van der Waals surface area contributed by atoms with E-state index in [-0.39, 0.29) is 18.1 Å². The van der Waals surface area contributed by atoms with Crippen molar-refractivity contribution in [3.05, 3.63) is 94.3 Å². The third-order valence-electron chi connectivity index (χ3n) is 6.56. The number of nitrogens with zero attached hydrogens (tertiary/aromatic N) is 7. The Labute approximate surface area is 231 Å². The minimum Gasteiger partial charge on any atom is -0.481 e. The molecular formula is C30H28N8O2. The average Bonchev–Trinajstić information content (AvgIpc) is 2.97. The highest BCUT2D eigenvalue weighted by Crippen LogP contribution is 2.28. The van der Waals surface area contributed by atoms with Crippen molar-refractivity contribution in [1.29, 1.82) is 5.26 Å². The molecule has 0 amide bonds. The molecule has 0 bridgehead atoms. The second-order valence-electron chi connectivity index (χ2n) is 9.19. The van der Waals surface area contributed by atoms with Crippen LogP contribution in [-0.2, 0) is 6.54 Å². The highest BCUT2D eigenvalue weighted by atomic mass is 16.5. The molecule has 40 heavy (non-hydrogen) atoms. The normalized spacial score (nSPS) is 10.8. The first-order chi connectivity index (χ1) is 19.4. The Morgan fingerprint density at radius 3 is 2.52 bits per heavy atom. The maximum atomic E-state index is 14.3. The van der Waals surface area contributed by atoms with Crippen molar-refractivity contribution < 1.29 is 4.74 Å². The first-order valence-electron chi connectivity index (χ1n) is 12.8. The molecule has 5 aromatic rings. The topological polar surface area (TPSA) is 136 Å². The Balaban J connectivity index is 1.74. The van der Waals surface area contributed by atoms with Gasteiger partial charge in [-0.25, -0.2) is 15.0 Å². The molecule has 3 heterocycles. The molecule has 10 heteroatoms. The van der Waals surface area contributed by atoms with Crippen LogP contribution >= 0.6 is 0 Å². The van der Waals surface area contributed by atoms with Gasteiger partial charge >= 0.3 is 0 Å². The highest BCUT2D eigenvalue weighted by Gasteiger charge is 2.22. The van der Waals surface area contributed by atoms with Crippen LogP contribution in [0.2, 0.25) is 0 Å². The molecule has 0 aliphatic rings. The van der Waals surface area contributed by atoms with Crippen LogP contribution in [0.15, 0.2) is 71.7 Å². The number of hydrogen-bond acceptors (Lipinski definition) is 9. The molecule has 0 saturated carbocycles. The number of aromatic nitrogens is 5. The van der Waals surface area contributed by atoms with Crippen molar-refractivity contribution in [2.45, 2.75) is 26.8 Å². The van der Waals surface area contributed by atoms with Crippen LogP contribution in [0.3, 0.4) is 0 Å². The molecule has 200 valence electrons. The number of nitrogen functional groups attached to an aromatic ring is 1. The number of nitrogens with two attached hydrogens (primary N) is 1. The van der Waals surface area contributed by atoms with Crippen LogP contribution in [0.1, 0.15) is 30.4 Å². The lowest BCUT2D eigenvalue weighted by molar-refractivity contribution is 0.398. The Hall–Kier alpha value is -5.30. The highest BCUT2D eigenvalue weighted by molar-refractivity contribution is 5.94. The summed E-state index contributed by atoms with van der Waals surface area (Å²) in [5.74, 6) is 1.49. The van der Waals surface area contributed by atoms with Gasteiger partial charge in [0.2, 0.25) is 11.8 Å². The summed E-state index contributed by atoms with van der Waals surface area (Å²) in [4.78, 5) is 34.2. The van der Waals surface area contributed by atoms with Gasteiger partial charge < -0.3 is 15.4 Å². The van der Waals surface area contributed by atoms with Crippen molar-refractivity contribution in [2.75, 3.05) is 24.3 Å².